The molecule has 0 fully saturated rings. The zero-order valence-electron chi connectivity index (χ0n) is 18.4. The van der Waals surface area contributed by atoms with Gasteiger partial charge in [0, 0.05) is 11.3 Å². The van der Waals surface area contributed by atoms with Crippen molar-refractivity contribution in [3.63, 3.8) is 0 Å². The van der Waals surface area contributed by atoms with Crippen molar-refractivity contribution >= 4 is 28.8 Å². The summed E-state index contributed by atoms with van der Waals surface area (Å²) >= 11 is 0. The van der Waals surface area contributed by atoms with Crippen LogP contribution >= 0.6 is 0 Å². The number of aromatic nitrogens is 2. The maximum Gasteiger partial charge on any atom is 0.387 e. The highest BCUT2D eigenvalue weighted by Gasteiger charge is 2.16. The van der Waals surface area contributed by atoms with Crippen LogP contribution in [0.3, 0.4) is 0 Å². The van der Waals surface area contributed by atoms with E-state index in [0.29, 0.717) is 5.52 Å². The lowest BCUT2D eigenvalue weighted by Crippen LogP contribution is -2.34. The summed E-state index contributed by atoms with van der Waals surface area (Å²) in [6, 6.07) is 19.3. The summed E-state index contributed by atoms with van der Waals surface area (Å²) in [4.78, 5) is 41.1. The van der Waals surface area contributed by atoms with Crippen LogP contribution in [-0.2, 0) is 9.53 Å². The Morgan fingerprint density at radius 2 is 1.66 bits per heavy atom. The highest BCUT2D eigenvalue weighted by molar-refractivity contribution is 6.05. The van der Waals surface area contributed by atoms with Crippen molar-refractivity contribution in [3.05, 3.63) is 89.7 Å². The Labute approximate surface area is 198 Å². The van der Waals surface area contributed by atoms with Gasteiger partial charge < -0.3 is 9.47 Å². The molecule has 1 heterocycles. The molecule has 0 bridgehead atoms. The summed E-state index contributed by atoms with van der Waals surface area (Å²) < 4.78 is 35.6. The Morgan fingerprint density at radius 3 is 2.34 bits per heavy atom. The number of alkyl halides is 2. The maximum absolute atomic E-state index is 12.4. The Hall–Kier alpha value is -4.60. The number of esters is 1. The van der Waals surface area contributed by atoms with Crippen molar-refractivity contribution in [1.82, 2.24) is 14.9 Å². The van der Waals surface area contributed by atoms with E-state index >= 15 is 0 Å². The number of carbonyl (C=O) groups is 3. The van der Waals surface area contributed by atoms with E-state index < -0.39 is 31.0 Å². The third-order valence-corrected chi connectivity index (χ3v) is 5.00. The Balaban J connectivity index is 1.37. The van der Waals surface area contributed by atoms with Gasteiger partial charge in [-0.2, -0.15) is 8.78 Å². The van der Waals surface area contributed by atoms with E-state index in [1.54, 1.807) is 18.2 Å². The molecule has 0 atom stereocenters. The second-order valence-electron chi connectivity index (χ2n) is 7.39. The maximum atomic E-state index is 12.4. The molecule has 1 aromatic heterocycles. The molecule has 0 spiro atoms. The number of hydrogen-bond acceptors (Lipinski definition) is 6. The van der Waals surface area contributed by atoms with Gasteiger partial charge in [0.25, 0.3) is 11.8 Å². The Morgan fingerprint density at radius 1 is 0.971 bits per heavy atom. The van der Waals surface area contributed by atoms with Crippen molar-refractivity contribution in [3.8, 4) is 11.4 Å². The molecule has 0 unspecified atom stereocenters. The molecule has 178 valence electrons. The first kappa shape index (κ1) is 23.6. The number of fused-ring (bicyclic) bond motifs is 1. The van der Waals surface area contributed by atoms with Crippen molar-refractivity contribution in [1.29, 1.82) is 0 Å². The molecule has 3 aromatic carbocycles. The fourth-order valence-electron chi connectivity index (χ4n) is 3.47. The standard InChI is InChI=1S/C25H19F2N3O5/c1-15-28-20-13-17(9-12-21(20)30(15)18-5-3-2-4-6-18)24(33)34-14-22(31)29-23(32)16-7-10-19(11-8-16)35-25(26)27/h2-13,25H,14H2,1H3,(H,29,31,32). The van der Waals surface area contributed by atoms with E-state index in [2.05, 4.69) is 15.0 Å². The number of para-hydroxylation sites is 1. The number of aryl methyl sites for hydroxylation is 1. The quantitative estimate of drug-likeness (QED) is 0.402. The Kier molecular flexibility index (Phi) is 6.81. The highest BCUT2D eigenvalue weighted by atomic mass is 19.3. The summed E-state index contributed by atoms with van der Waals surface area (Å²) in [6.45, 7) is -1.83. The number of imidazole rings is 1. The van der Waals surface area contributed by atoms with Gasteiger partial charge in [0.1, 0.15) is 11.6 Å². The van der Waals surface area contributed by atoms with Gasteiger partial charge in [-0.3, -0.25) is 19.5 Å². The summed E-state index contributed by atoms with van der Waals surface area (Å²) in [7, 11) is 0. The van der Waals surface area contributed by atoms with Crippen molar-refractivity contribution in [2.45, 2.75) is 13.5 Å². The SMILES string of the molecule is Cc1nc2cc(C(=O)OCC(=O)NC(=O)c3ccc(OC(F)F)cc3)ccc2n1-c1ccccc1. The summed E-state index contributed by atoms with van der Waals surface area (Å²) in [6.07, 6.45) is 0. The van der Waals surface area contributed by atoms with E-state index in [1.165, 1.54) is 24.3 Å². The number of carbonyl (C=O) groups excluding carboxylic acids is 3. The normalized spacial score (nSPS) is 10.9. The third-order valence-electron chi connectivity index (χ3n) is 5.00. The number of ether oxygens (including phenoxy) is 2. The largest absolute Gasteiger partial charge is 0.452 e. The van der Waals surface area contributed by atoms with E-state index in [1.807, 2.05) is 41.8 Å². The molecule has 4 rings (SSSR count). The second-order valence-corrected chi connectivity index (χ2v) is 7.39. The number of rotatable bonds is 7. The number of benzene rings is 3. The van der Waals surface area contributed by atoms with Gasteiger partial charge in [0.05, 0.1) is 16.6 Å². The molecule has 0 saturated heterocycles. The van der Waals surface area contributed by atoms with E-state index in [-0.39, 0.29) is 16.9 Å². The molecule has 0 aliphatic heterocycles. The fraction of sp³-hybridized carbons (Fsp3) is 0.120. The van der Waals surface area contributed by atoms with Gasteiger partial charge in [0.2, 0.25) is 0 Å². The molecule has 4 aromatic rings. The second kappa shape index (κ2) is 10.1. The first-order chi connectivity index (χ1) is 16.8. The van der Waals surface area contributed by atoms with Crippen LogP contribution in [0.1, 0.15) is 26.5 Å². The van der Waals surface area contributed by atoms with Gasteiger partial charge in [0.15, 0.2) is 6.61 Å². The van der Waals surface area contributed by atoms with Gasteiger partial charge in [-0.25, -0.2) is 9.78 Å². The zero-order valence-corrected chi connectivity index (χ0v) is 18.4. The van der Waals surface area contributed by atoms with Crippen LogP contribution in [0.25, 0.3) is 16.7 Å². The number of hydrogen-bond donors (Lipinski definition) is 1. The van der Waals surface area contributed by atoms with Gasteiger partial charge in [-0.1, -0.05) is 18.2 Å². The number of imide groups is 1. The molecule has 0 aliphatic carbocycles. The summed E-state index contributed by atoms with van der Waals surface area (Å²) in [5.74, 6) is -1.77. The number of nitrogens with one attached hydrogen (secondary N) is 1. The van der Waals surface area contributed by atoms with Gasteiger partial charge in [-0.05, 0) is 61.5 Å². The van der Waals surface area contributed by atoms with Crippen LogP contribution in [-0.4, -0.2) is 40.6 Å². The van der Waals surface area contributed by atoms with Crippen LogP contribution in [0.5, 0.6) is 5.75 Å². The number of halogens is 2. The highest BCUT2D eigenvalue weighted by Crippen LogP contribution is 2.22. The van der Waals surface area contributed by atoms with E-state index in [4.69, 9.17) is 4.74 Å². The smallest absolute Gasteiger partial charge is 0.387 e. The Bertz CT molecular complexity index is 1390. The average Bonchev–Trinajstić information content (AvgIpc) is 3.18. The predicted molar refractivity (Wildman–Crippen MR) is 122 cm³/mol. The monoisotopic (exact) mass is 479 g/mol. The molecule has 10 heteroatoms. The van der Waals surface area contributed by atoms with E-state index in [9.17, 15) is 23.2 Å². The van der Waals surface area contributed by atoms with Crippen LogP contribution in [0.15, 0.2) is 72.8 Å². The van der Waals surface area contributed by atoms with E-state index in [0.717, 1.165) is 17.0 Å². The lowest BCUT2D eigenvalue weighted by molar-refractivity contribution is -0.123. The van der Waals surface area contributed by atoms with Crippen molar-refractivity contribution < 1.29 is 32.6 Å². The molecule has 0 aliphatic rings. The van der Waals surface area contributed by atoms with Crippen molar-refractivity contribution in [2.75, 3.05) is 6.61 Å². The molecule has 1 N–H and O–H groups in total. The first-order valence-electron chi connectivity index (χ1n) is 10.4. The topological polar surface area (TPSA) is 99.5 Å². The molecule has 8 nitrogen and oxygen atoms in total. The minimum absolute atomic E-state index is 0.0427. The minimum Gasteiger partial charge on any atom is -0.452 e. The molecule has 0 radical (unpaired) electrons. The lowest BCUT2D eigenvalue weighted by Gasteiger charge is -2.08. The summed E-state index contributed by atoms with van der Waals surface area (Å²) in [5.41, 5.74) is 2.56. The first-order valence-corrected chi connectivity index (χ1v) is 10.4. The molecule has 2 amide bonds. The molecule has 35 heavy (non-hydrogen) atoms. The van der Waals surface area contributed by atoms with Crippen LogP contribution in [0, 0.1) is 6.92 Å². The van der Waals surface area contributed by atoms with Gasteiger partial charge in [-0.15, -0.1) is 0 Å². The average molecular weight is 479 g/mol. The molecule has 0 saturated carbocycles. The van der Waals surface area contributed by atoms with Crippen LogP contribution < -0.4 is 10.1 Å². The van der Waals surface area contributed by atoms with Crippen LogP contribution in [0.4, 0.5) is 8.78 Å². The number of nitrogens with zero attached hydrogens (tertiary/aromatic N) is 2. The van der Waals surface area contributed by atoms with Gasteiger partial charge >= 0.3 is 12.6 Å². The van der Waals surface area contributed by atoms with Crippen molar-refractivity contribution in [2.24, 2.45) is 0 Å². The molecular weight excluding hydrogens is 460 g/mol. The third kappa shape index (κ3) is 5.49. The van der Waals surface area contributed by atoms with Crippen LogP contribution in [0.2, 0.25) is 0 Å². The number of amides is 2. The minimum atomic E-state index is -2.99. The molecular formula is C25H19F2N3O5. The fourth-order valence-corrected chi connectivity index (χ4v) is 3.47. The summed E-state index contributed by atoms with van der Waals surface area (Å²) in [5, 5.41) is 2.06. The predicted octanol–water partition coefficient (Wildman–Crippen LogP) is 4.05. The lowest BCUT2D eigenvalue weighted by atomic mass is 10.2. The zero-order chi connectivity index (χ0) is 24.9.